The fraction of sp³-hybridized carbons (Fsp3) is 0.160. The van der Waals surface area contributed by atoms with Crippen molar-refractivity contribution in [2.45, 2.75) is 23.9 Å². The van der Waals surface area contributed by atoms with Gasteiger partial charge in [-0.1, -0.05) is 60.7 Å². The van der Waals surface area contributed by atoms with Crippen molar-refractivity contribution < 1.29 is 13.6 Å². The molecule has 1 saturated heterocycles. The first-order valence-electron chi connectivity index (χ1n) is 10.0. The molecule has 2 aromatic carbocycles. The van der Waals surface area contributed by atoms with Gasteiger partial charge in [-0.2, -0.15) is 0 Å². The molecule has 1 N–H and O–H groups in total. The van der Waals surface area contributed by atoms with Crippen molar-refractivity contribution in [3.8, 4) is 0 Å². The molecule has 156 valence electrons. The lowest BCUT2D eigenvalue weighted by molar-refractivity contribution is -0.126. The van der Waals surface area contributed by atoms with E-state index in [0.29, 0.717) is 20.9 Å². The summed E-state index contributed by atoms with van der Waals surface area (Å²) in [6.07, 6.45) is 0. The maximum Gasteiger partial charge on any atom is 0.169 e. The van der Waals surface area contributed by atoms with E-state index in [1.54, 1.807) is 0 Å². The smallest absolute Gasteiger partial charge is 0.169 e. The van der Waals surface area contributed by atoms with E-state index in [4.69, 9.17) is 8.83 Å². The SMILES string of the molecule is O=C1C(c2ccccc2)C(c2ccc(Br)o2)NC(c2ccc(Br)o2)C1c1ccccc1. The average Bonchev–Trinajstić information content (AvgIpc) is 3.42. The maximum absolute atomic E-state index is 14.2. The third kappa shape index (κ3) is 3.95. The van der Waals surface area contributed by atoms with Crippen LogP contribution in [-0.4, -0.2) is 5.78 Å². The molecule has 5 rings (SSSR count). The third-order valence-corrected chi connectivity index (χ3v) is 6.61. The van der Waals surface area contributed by atoms with Gasteiger partial charge in [0.2, 0.25) is 0 Å². The van der Waals surface area contributed by atoms with Gasteiger partial charge in [0.25, 0.3) is 0 Å². The Bertz CT molecular complexity index is 1090. The number of benzene rings is 2. The van der Waals surface area contributed by atoms with Crippen molar-refractivity contribution in [1.29, 1.82) is 0 Å². The number of nitrogens with one attached hydrogen (secondary N) is 1. The van der Waals surface area contributed by atoms with E-state index in [-0.39, 0.29) is 17.9 Å². The lowest BCUT2D eigenvalue weighted by Gasteiger charge is -2.40. The van der Waals surface area contributed by atoms with E-state index in [1.807, 2.05) is 84.9 Å². The number of hydrogen-bond acceptors (Lipinski definition) is 4. The second kappa shape index (κ2) is 8.61. The Balaban J connectivity index is 1.66. The summed E-state index contributed by atoms with van der Waals surface area (Å²) in [4.78, 5) is 14.2. The molecule has 4 unspecified atom stereocenters. The molecule has 31 heavy (non-hydrogen) atoms. The molecular weight excluding hydrogens is 522 g/mol. The van der Waals surface area contributed by atoms with E-state index >= 15 is 0 Å². The van der Waals surface area contributed by atoms with Crippen LogP contribution in [0.1, 0.15) is 46.6 Å². The fourth-order valence-electron chi connectivity index (χ4n) is 4.43. The van der Waals surface area contributed by atoms with Crippen LogP contribution < -0.4 is 5.32 Å². The van der Waals surface area contributed by atoms with Crippen molar-refractivity contribution in [1.82, 2.24) is 5.32 Å². The molecule has 4 aromatic rings. The molecule has 0 saturated carbocycles. The van der Waals surface area contributed by atoms with E-state index in [2.05, 4.69) is 37.2 Å². The van der Waals surface area contributed by atoms with Gasteiger partial charge >= 0.3 is 0 Å². The van der Waals surface area contributed by atoms with Crippen LogP contribution in [-0.2, 0) is 4.79 Å². The van der Waals surface area contributed by atoms with Crippen molar-refractivity contribution in [3.63, 3.8) is 0 Å². The number of piperidine rings is 1. The quantitative estimate of drug-likeness (QED) is 0.305. The highest BCUT2D eigenvalue weighted by Crippen LogP contribution is 2.48. The van der Waals surface area contributed by atoms with Gasteiger partial charge < -0.3 is 8.83 Å². The van der Waals surface area contributed by atoms with Gasteiger partial charge in [-0.3, -0.25) is 10.1 Å². The highest BCUT2D eigenvalue weighted by atomic mass is 79.9. The zero-order chi connectivity index (χ0) is 21.4. The summed E-state index contributed by atoms with van der Waals surface area (Å²) in [6, 6.07) is 26.6. The highest BCUT2D eigenvalue weighted by molar-refractivity contribution is 9.10. The number of carbonyl (C=O) groups excluding carboxylic acids is 1. The van der Waals surface area contributed by atoms with Crippen LogP contribution in [0.5, 0.6) is 0 Å². The first-order valence-corrected chi connectivity index (χ1v) is 11.6. The molecule has 0 bridgehead atoms. The van der Waals surface area contributed by atoms with Gasteiger partial charge in [-0.25, -0.2) is 0 Å². The number of furan rings is 2. The van der Waals surface area contributed by atoms with Crippen LogP contribution in [0.15, 0.2) is 103 Å². The maximum atomic E-state index is 14.2. The third-order valence-electron chi connectivity index (χ3n) is 5.76. The molecule has 1 aliphatic heterocycles. The van der Waals surface area contributed by atoms with Gasteiger partial charge in [-0.05, 0) is 67.3 Å². The van der Waals surface area contributed by atoms with Crippen LogP contribution in [0.2, 0.25) is 0 Å². The van der Waals surface area contributed by atoms with Crippen LogP contribution in [0.3, 0.4) is 0 Å². The zero-order valence-corrected chi connectivity index (χ0v) is 19.5. The molecule has 2 aromatic heterocycles. The Labute approximate surface area is 196 Å². The summed E-state index contributed by atoms with van der Waals surface area (Å²) in [6.45, 7) is 0. The Hall–Kier alpha value is -2.41. The Morgan fingerprint density at radius 3 is 1.39 bits per heavy atom. The minimum absolute atomic E-state index is 0.131. The molecule has 1 fully saturated rings. The number of rotatable bonds is 4. The van der Waals surface area contributed by atoms with Gasteiger partial charge in [0.05, 0.1) is 23.9 Å². The summed E-state index contributed by atoms with van der Waals surface area (Å²) < 4.78 is 13.1. The van der Waals surface area contributed by atoms with Gasteiger partial charge in [0.1, 0.15) is 11.5 Å². The molecule has 4 nitrogen and oxygen atoms in total. The van der Waals surface area contributed by atoms with E-state index in [1.165, 1.54) is 0 Å². The second-order valence-electron chi connectivity index (χ2n) is 7.58. The van der Waals surface area contributed by atoms with Crippen molar-refractivity contribution in [2.24, 2.45) is 0 Å². The molecule has 3 heterocycles. The van der Waals surface area contributed by atoms with Crippen LogP contribution in [0, 0.1) is 0 Å². The van der Waals surface area contributed by atoms with Crippen molar-refractivity contribution >= 4 is 37.6 Å². The predicted octanol–water partition coefficient (Wildman–Crippen LogP) is 6.92. The fourth-order valence-corrected chi connectivity index (χ4v) is 5.06. The zero-order valence-electron chi connectivity index (χ0n) is 16.4. The van der Waals surface area contributed by atoms with E-state index < -0.39 is 11.8 Å². The lowest BCUT2D eigenvalue weighted by atomic mass is 9.71. The van der Waals surface area contributed by atoms with Gasteiger partial charge in [0.15, 0.2) is 15.1 Å². The Kier molecular flexibility index (Phi) is 5.69. The predicted molar refractivity (Wildman–Crippen MR) is 125 cm³/mol. The minimum Gasteiger partial charge on any atom is -0.453 e. The number of halogens is 2. The molecule has 0 aliphatic carbocycles. The van der Waals surface area contributed by atoms with Crippen molar-refractivity contribution in [2.75, 3.05) is 0 Å². The first kappa shape index (κ1) is 20.5. The first-order chi connectivity index (χ1) is 15.1. The monoisotopic (exact) mass is 539 g/mol. The molecule has 6 heteroatoms. The summed E-state index contributed by atoms with van der Waals surface area (Å²) in [7, 11) is 0. The molecule has 0 spiro atoms. The second-order valence-corrected chi connectivity index (χ2v) is 9.15. The average molecular weight is 541 g/mol. The Morgan fingerprint density at radius 2 is 1.03 bits per heavy atom. The number of carbonyl (C=O) groups is 1. The van der Waals surface area contributed by atoms with Crippen LogP contribution in [0.4, 0.5) is 0 Å². The number of Topliss-reactive ketones (excluding diaryl/α,β-unsaturated/α-hetero) is 1. The molecule has 4 atom stereocenters. The van der Waals surface area contributed by atoms with Crippen LogP contribution in [0.25, 0.3) is 0 Å². The summed E-state index contributed by atoms with van der Waals surface area (Å²) in [5.74, 6) is 0.733. The van der Waals surface area contributed by atoms with E-state index in [0.717, 1.165) is 11.1 Å². The number of hydrogen-bond donors (Lipinski definition) is 1. The molecule has 0 amide bonds. The molecule has 1 aliphatic rings. The summed E-state index contributed by atoms with van der Waals surface area (Å²) >= 11 is 6.80. The summed E-state index contributed by atoms with van der Waals surface area (Å²) in [5.41, 5.74) is 1.91. The summed E-state index contributed by atoms with van der Waals surface area (Å²) in [5, 5.41) is 3.69. The van der Waals surface area contributed by atoms with Crippen molar-refractivity contribution in [3.05, 3.63) is 117 Å². The lowest BCUT2D eigenvalue weighted by Crippen LogP contribution is -2.46. The Morgan fingerprint density at radius 1 is 0.613 bits per heavy atom. The standard InChI is InChI=1S/C25H19Br2NO3/c26-19-13-11-17(30-19)23-21(15-7-3-1-4-8-15)25(29)22(16-9-5-2-6-10-16)24(28-23)18-12-14-20(27)31-18/h1-14,21-24,28H. The van der Waals surface area contributed by atoms with Crippen LogP contribution >= 0.6 is 31.9 Å². The molecular formula is C25H19Br2NO3. The molecule has 0 radical (unpaired) electrons. The number of ketones is 1. The topological polar surface area (TPSA) is 55.4 Å². The van der Waals surface area contributed by atoms with Gasteiger partial charge in [0, 0.05) is 0 Å². The normalized spacial score (nSPS) is 23.7. The largest absolute Gasteiger partial charge is 0.453 e. The minimum atomic E-state index is -0.404. The van der Waals surface area contributed by atoms with Gasteiger partial charge in [-0.15, -0.1) is 0 Å². The van der Waals surface area contributed by atoms with E-state index in [9.17, 15) is 4.79 Å². The highest BCUT2D eigenvalue weighted by Gasteiger charge is 2.48.